The van der Waals surface area contributed by atoms with Crippen LogP contribution in [0.15, 0.2) is 78.9 Å². The molecule has 1 amide bonds. The molecule has 4 heteroatoms. The number of methoxy groups -OCH3 is 2. The van der Waals surface area contributed by atoms with Crippen LogP contribution in [0.2, 0.25) is 0 Å². The van der Waals surface area contributed by atoms with Crippen molar-refractivity contribution in [3.63, 3.8) is 0 Å². The van der Waals surface area contributed by atoms with Gasteiger partial charge in [-0.15, -0.1) is 0 Å². The largest absolute Gasteiger partial charge is 0.496 e. The Morgan fingerprint density at radius 3 is 2.18 bits per heavy atom. The second kappa shape index (κ2) is 9.72. The first-order valence-electron chi connectivity index (χ1n) is 9.28. The minimum atomic E-state index is -0.263. The van der Waals surface area contributed by atoms with E-state index >= 15 is 0 Å². The Bertz CT molecular complexity index is 891. The molecule has 1 atom stereocenters. The van der Waals surface area contributed by atoms with Crippen molar-refractivity contribution in [3.8, 4) is 16.9 Å². The molecule has 0 aromatic heterocycles. The van der Waals surface area contributed by atoms with Crippen LogP contribution in [0.25, 0.3) is 11.1 Å². The molecule has 0 aliphatic rings. The lowest BCUT2D eigenvalue weighted by Crippen LogP contribution is -2.30. The molecule has 3 aromatic rings. The van der Waals surface area contributed by atoms with E-state index < -0.39 is 0 Å². The van der Waals surface area contributed by atoms with Gasteiger partial charge in [-0.25, -0.2) is 0 Å². The van der Waals surface area contributed by atoms with Crippen molar-refractivity contribution in [1.82, 2.24) is 5.32 Å². The number of rotatable bonds is 8. The van der Waals surface area contributed by atoms with Crippen LogP contribution >= 0.6 is 0 Å². The predicted octanol–water partition coefficient (Wildman–Crippen LogP) is 4.41. The predicted molar refractivity (Wildman–Crippen MR) is 111 cm³/mol. The number of hydrogen-bond acceptors (Lipinski definition) is 3. The van der Waals surface area contributed by atoms with Gasteiger partial charge in [0.1, 0.15) is 11.9 Å². The van der Waals surface area contributed by atoms with E-state index in [4.69, 9.17) is 9.47 Å². The van der Waals surface area contributed by atoms with E-state index in [1.807, 2.05) is 66.7 Å². The SMILES string of the molecule is COc1ccccc1[C@@H](CNC(=O)Cc1ccc(-c2ccccc2)cc1)OC. The first kappa shape index (κ1) is 19.6. The van der Waals surface area contributed by atoms with Crippen LogP contribution in [-0.2, 0) is 16.0 Å². The lowest BCUT2D eigenvalue weighted by atomic mass is 10.0. The van der Waals surface area contributed by atoms with Gasteiger partial charge in [-0.05, 0) is 22.8 Å². The molecule has 4 nitrogen and oxygen atoms in total. The van der Waals surface area contributed by atoms with E-state index in [0.717, 1.165) is 22.4 Å². The van der Waals surface area contributed by atoms with E-state index in [1.54, 1.807) is 14.2 Å². The number of hydrogen-bond donors (Lipinski definition) is 1. The van der Waals surface area contributed by atoms with Gasteiger partial charge in [0.15, 0.2) is 0 Å². The Morgan fingerprint density at radius 2 is 1.50 bits per heavy atom. The Morgan fingerprint density at radius 1 is 0.857 bits per heavy atom. The normalized spacial score (nSPS) is 11.6. The smallest absolute Gasteiger partial charge is 0.224 e. The molecule has 0 bridgehead atoms. The molecule has 144 valence electrons. The molecule has 0 fully saturated rings. The van der Waals surface area contributed by atoms with Gasteiger partial charge < -0.3 is 14.8 Å². The maximum absolute atomic E-state index is 12.4. The van der Waals surface area contributed by atoms with Gasteiger partial charge in [0.25, 0.3) is 0 Å². The summed E-state index contributed by atoms with van der Waals surface area (Å²) in [5.41, 5.74) is 4.20. The number of nitrogens with one attached hydrogen (secondary N) is 1. The fraction of sp³-hybridized carbons (Fsp3) is 0.208. The number of amides is 1. The van der Waals surface area contributed by atoms with Crippen LogP contribution in [-0.4, -0.2) is 26.7 Å². The second-order valence-corrected chi connectivity index (χ2v) is 6.51. The standard InChI is InChI=1S/C24H25NO3/c1-27-22-11-7-6-10-21(22)23(28-2)17-25-24(26)16-18-12-14-20(15-13-18)19-8-4-3-5-9-19/h3-15,23H,16-17H2,1-2H3,(H,25,26)/t23-/m1/s1. The minimum Gasteiger partial charge on any atom is -0.496 e. The third-order valence-electron chi connectivity index (χ3n) is 4.68. The van der Waals surface area contributed by atoms with E-state index in [9.17, 15) is 4.79 Å². The van der Waals surface area contributed by atoms with Crippen molar-refractivity contribution in [3.05, 3.63) is 90.0 Å². The molecule has 0 aliphatic carbocycles. The van der Waals surface area contributed by atoms with Gasteiger partial charge in [-0.3, -0.25) is 4.79 Å². The lowest BCUT2D eigenvalue weighted by Gasteiger charge is -2.19. The second-order valence-electron chi connectivity index (χ2n) is 6.51. The van der Waals surface area contributed by atoms with Gasteiger partial charge in [0, 0.05) is 19.2 Å². The summed E-state index contributed by atoms with van der Waals surface area (Å²) in [6.45, 7) is 0.387. The summed E-state index contributed by atoms with van der Waals surface area (Å²) in [6, 6.07) is 25.9. The third-order valence-corrected chi connectivity index (χ3v) is 4.68. The average molecular weight is 375 g/mol. The fourth-order valence-electron chi connectivity index (χ4n) is 3.15. The molecule has 0 spiro atoms. The zero-order valence-electron chi connectivity index (χ0n) is 16.2. The van der Waals surface area contributed by atoms with Gasteiger partial charge in [-0.2, -0.15) is 0 Å². The molecule has 0 aliphatic heterocycles. The number of carbonyl (C=O) groups is 1. The van der Waals surface area contributed by atoms with E-state index in [1.165, 1.54) is 5.56 Å². The van der Waals surface area contributed by atoms with Crippen LogP contribution in [0, 0.1) is 0 Å². The van der Waals surface area contributed by atoms with Crippen LogP contribution in [0.1, 0.15) is 17.2 Å². The number of carbonyl (C=O) groups excluding carboxylic acids is 1. The molecule has 0 unspecified atom stereocenters. The van der Waals surface area contributed by atoms with E-state index in [0.29, 0.717) is 13.0 Å². The van der Waals surface area contributed by atoms with Crippen molar-refractivity contribution in [2.24, 2.45) is 0 Å². The first-order chi connectivity index (χ1) is 13.7. The quantitative estimate of drug-likeness (QED) is 0.634. The number of ether oxygens (including phenoxy) is 2. The Hall–Kier alpha value is -3.11. The van der Waals surface area contributed by atoms with Crippen molar-refractivity contribution >= 4 is 5.91 Å². The fourth-order valence-corrected chi connectivity index (χ4v) is 3.15. The van der Waals surface area contributed by atoms with Gasteiger partial charge >= 0.3 is 0 Å². The number of benzene rings is 3. The Kier molecular flexibility index (Phi) is 6.82. The minimum absolute atomic E-state index is 0.0376. The molecule has 0 heterocycles. The molecule has 28 heavy (non-hydrogen) atoms. The topological polar surface area (TPSA) is 47.6 Å². The van der Waals surface area contributed by atoms with Gasteiger partial charge in [0.05, 0.1) is 13.5 Å². The highest BCUT2D eigenvalue weighted by molar-refractivity contribution is 5.79. The maximum Gasteiger partial charge on any atom is 0.224 e. The van der Waals surface area contributed by atoms with E-state index in [2.05, 4.69) is 17.4 Å². The van der Waals surface area contributed by atoms with Gasteiger partial charge in [-0.1, -0.05) is 72.8 Å². The Balaban J connectivity index is 1.58. The van der Waals surface area contributed by atoms with Crippen LogP contribution in [0.3, 0.4) is 0 Å². The monoisotopic (exact) mass is 375 g/mol. The van der Waals surface area contributed by atoms with Crippen molar-refractivity contribution in [1.29, 1.82) is 0 Å². The molecule has 3 rings (SSSR count). The lowest BCUT2D eigenvalue weighted by molar-refractivity contribution is -0.121. The van der Waals surface area contributed by atoms with Crippen molar-refractivity contribution in [2.75, 3.05) is 20.8 Å². The third kappa shape index (κ3) is 4.99. The maximum atomic E-state index is 12.4. The summed E-state index contributed by atoms with van der Waals surface area (Å²) in [4.78, 5) is 12.4. The highest BCUT2D eigenvalue weighted by atomic mass is 16.5. The van der Waals surface area contributed by atoms with Gasteiger partial charge in [0.2, 0.25) is 5.91 Å². The molecule has 0 radical (unpaired) electrons. The molecule has 0 saturated heterocycles. The zero-order chi connectivity index (χ0) is 19.8. The van der Waals surface area contributed by atoms with Crippen LogP contribution < -0.4 is 10.1 Å². The summed E-state index contributed by atoms with van der Waals surface area (Å²) in [6.07, 6.45) is 0.0674. The average Bonchev–Trinajstić information content (AvgIpc) is 2.75. The summed E-state index contributed by atoms with van der Waals surface area (Å²) >= 11 is 0. The molecule has 0 saturated carbocycles. The van der Waals surface area contributed by atoms with Crippen molar-refractivity contribution < 1.29 is 14.3 Å². The molecular weight excluding hydrogens is 350 g/mol. The molecular formula is C24H25NO3. The summed E-state index contributed by atoms with van der Waals surface area (Å²) in [5.74, 6) is 0.713. The highest BCUT2D eigenvalue weighted by Gasteiger charge is 2.16. The first-order valence-corrected chi connectivity index (χ1v) is 9.28. The molecule has 1 N–H and O–H groups in total. The summed E-state index contributed by atoms with van der Waals surface area (Å²) in [5, 5.41) is 2.96. The highest BCUT2D eigenvalue weighted by Crippen LogP contribution is 2.26. The number of para-hydroxylation sites is 1. The van der Waals surface area contributed by atoms with Crippen LogP contribution in [0.5, 0.6) is 5.75 Å². The van der Waals surface area contributed by atoms with Crippen molar-refractivity contribution in [2.45, 2.75) is 12.5 Å². The summed E-state index contributed by atoms with van der Waals surface area (Å²) in [7, 11) is 3.26. The Labute approximate surface area is 166 Å². The summed E-state index contributed by atoms with van der Waals surface area (Å²) < 4.78 is 10.9. The molecule has 3 aromatic carbocycles. The van der Waals surface area contributed by atoms with Crippen LogP contribution in [0.4, 0.5) is 0 Å². The van der Waals surface area contributed by atoms with E-state index in [-0.39, 0.29) is 12.0 Å². The zero-order valence-corrected chi connectivity index (χ0v) is 16.2.